The fourth-order valence-electron chi connectivity index (χ4n) is 2.82. The molecule has 3 aromatic rings. The molecule has 3 rings (SSSR count). The zero-order valence-electron chi connectivity index (χ0n) is 17.3. The average Bonchev–Trinajstić information content (AvgIpc) is 3.03. The number of carbonyl (C=O) groups excluding carboxylic acids is 1. The van der Waals surface area contributed by atoms with Crippen LogP contribution in [0.1, 0.15) is 32.3 Å². The molecule has 4 N–H and O–H groups in total. The van der Waals surface area contributed by atoms with Gasteiger partial charge in [-0.15, -0.1) is 0 Å². The molecule has 0 aliphatic heterocycles. The summed E-state index contributed by atoms with van der Waals surface area (Å²) in [5.41, 5.74) is 9.69. The number of thiazole rings is 1. The summed E-state index contributed by atoms with van der Waals surface area (Å²) in [7, 11) is -4.79. The summed E-state index contributed by atoms with van der Waals surface area (Å²) < 4.78 is 23.0. The van der Waals surface area contributed by atoms with Crippen LogP contribution in [0, 0.1) is 13.8 Å². The Morgan fingerprint density at radius 2 is 2.00 bits per heavy atom. The van der Waals surface area contributed by atoms with E-state index in [1.807, 2.05) is 17.0 Å². The normalized spacial score (nSPS) is 11.0. The first-order valence-electron chi connectivity index (χ1n) is 9.19. The minimum absolute atomic E-state index is 0. The summed E-state index contributed by atoms with van der Waals surface area (Å²) in [6.07, 6.45) is 2.19. The summed E-state index contributed by atoms with van der Waals surface area (Å²) in [4.78, 5) is 39.7. The van der Waals surface area contributed by atoms with E-state index in [-0.39, 0.29) is 30.3 Å². The van der Waals surface area contributed by atoms with Gasteiger partial charge in [-0.1, -0.05) is 23.5 Å². The van der Waals surface area contributed by atoms with Crippen LogP contribution in [0.3, 0.4) is 0 Å². The van der Waals surface area contributed by atoms with E-state index in [9.17, 15) is 9.36 Å². The van der Waals surface area contributed by atoms with E-state index >= 15 is 0 Å². The number of phosphoric acid groups is 1. The molecule has 10 nitrogen and oxygen atoms in total. The van der Waals surface area contributed by atoms with E-state index in [1.54, 1.807) is 19.2 Å². The predicted molar refractivity (Wildman–Crippen MR) is 113 cm³/mol. The van der Waals surface area contributed by atoms with Gasteiger partial charge in [0.15, 0.2) is 12.2 Å². The minimum Gasteiger partial charge on any atom is -1.00 e. The van der Waals surface area contributed by atoms with Crippen LogP contribution in [0.2, 0.25) is 0 Å². The highest BCUT2D eigenvalue weighted by molar-refractivity contribution is 7.46. The van der Waals surface area contributed by atoms with Crippen LogP contribution in [0.15, 0.2) is 36.0 Å². The summed E-state index contributed by atoms with van der Waals surface area (Å²) >= 11 is 1.53. The van der Waals surface area contributed by atoms with Gasteiger partial charge in [-0.05, 0) is 19.1 Å². The Balaban J connectivity index is 0.00000363. The summed E-state index contributed by atoms with van der Waals surface area (Å²) in [5, 5.41) is 0. The Labute approximate surface area is 194 Å². The molecule has 0 fully saturated rings. The summed E-state index contributed by atoms with van der Waals surface area (Å²) in [5.74, 6) is 0.0976. The van der Waals surface area contributed by atoms with Gasteiger partial charge in [-0.2, -0.15) is 4.57 Å². The first-order chi connectivity index (χ1) is 14.6. The standard InChI is InChI=1S/C19H21N4O6PS.ClH/c1-12-17(31-11-23(12)10-14-9-21-13(2)22-18(14)20)7-8-28-19(24)15-5-3-4-6-16(15)29-30(25,26)27;/h3-6,9,11H,7-8,10H2,1-2H3,(H3-,20,21,22,25,26,27);1H. The highest BCUT2D eigenvalue weighted by Gasteiger charge is 2.22. The van der Waals surface area contributed by atoms with Crippen molar-refractivity contribution < 1.29 is 45.4 Å². The Kier molecular flexibility index (Phi) is 8.71. The average molecular weight is 501 g/mol. The highest BCUT2D eigenvalue weighted by Crippen LogP contribution is 2.39. The number of hydrogen-bond donors (Lipinski definition) is 3. The second kappa shape index (κ2) is 10.8. The molecule has 2 heterocycles. The number of carbonyl (C=O) groups is 1. The Bertz CT molecular complexity index is 1150. The molecule has 172 valence electrons. The van der Waals surface area contributed by atoms with Crippen molar-refractivity contribution in [1.82, 2.24) is 9.97 Å². The van der Waals surface area contributed by atoms with Crippen LogP contribution >= 0.6 is 19.2 Å². The Hall–Kier alpha value is -2.56. The molecule has 2 aromatic heterocycles. The van der Waals surface area contributed by atoms with Crippen molar-refractivity contribution in [2.75, 3.05) is 12.3 Å². The highest BCUT2D eigenvalue weighted by atomic mass is 35.5. The molecule has 0 unspecified atom stereocenters. The molecule has 0 saturated carbocycles. The number of hydrogen-bond acceptors (Lipinski definition) is 8. The number of anilines is 1. The predicted octanol–water partition coefficient (Wildman–Crippen LogP) is -1.05. The molecule has 0 spiro atoms. The lowest BCUT2D eigenvalue weighted by Crippen LogP contribution is -3.00. The second-order valence-corrected chi connectivity index (χ2v) is 8.75. The number of halogens is 1. The van der Waals surface area contributed by atoms with Gasteiger partial charge in [0.05, 0.1) is 17.0 Å². The number of aryl methyl sites for hydroxylation is 1. The Morgan fingerprint density at radius 1 is 1.28 bits per heavy atom. The molecule has 32 heavy (non-hydrogen) atoms. The molecule has 0 aliphatic carbocycles. The topological polar surface area (TPSA) is 149 Å². The maximum absolute atomic E-state index is 12.4. The number of benzene rings is 1. The van der Waals surface area contributed by atoms with Gasteiger partial charge in [0.25, 0.3) is 0 Å². The van der Waals surface area contributed by atoms with Crippen molar-refractivity contribution in [3.05, 3.63) is 63.5 Å². The van der Waals surface area contributed by atoms with Crippen LogP contribution in [0.25, 0.3) is 0 Å². The van der Waals surface area contributed by atoms with Crippen molar-refractivity contribution in [2.24, 2.45) is 0 Å². The molecular weight excluding hydrogens is 479 g/mol. The van der Waals surface area contributed by atoms with Crippen LogP contribution in [-0.2, 0) is 22.3 Å². The van der Waals surface area contributed by atoms with Crippen LogP contribution in [-0.4, -0.2) is 32.3 Å². The van der Waals surface area contributed by atoms with Gasteiger partial charge in [-0.25, -0.2) is 19.3 Å². The number of nitrogens with two attached hydrogens (primary N) is 1. The van der Waals surface area contributed by atoms with E-state index in [0.717, 1.165) is 16.1 Å². The number of para-hydroxylation sites is 1. The van der Waals surface area contributed by atoms with Gasteiger partial charge in [0.1, 0.15) is 23.0 Å². The Morgan fingerprint density at radius 3 is 2.69 bits per heavy atom. The quantitative estimate of drug-likeness (QED) is 0.200. The molecular formula is C19H22ClN4O6PS. The van der Waals surface area contributed by atoms with Gasteiger partial charge in [0, 0.05) is 19.5 Å². The number of ether oxygens (including phenoxy) is 1. The van der Waals surface area contributed by atoms with Gasteiger partial charge in [-0.3, -0.25) is 9.79 Å². The maximum Gasteiger partial charge on any atom is 0.524 e. The third-order valence-electron chi connectivity index (χ3n) is 4.40. The monoisotopic (exact) mass is 500 g/mol. The molecule has 0 bridgehead atoms. The zero-order valence-corrected chi connectivity index (χ0v) is 19.7. The van der Waals surface area contributed by atoms with Crippen molar-refractivity contribution in [3.8, 4) is 5.75 Å². The number of nitrogens with zero attached hydrogens (tertiary/aromatic N) is 3. The molecule has 0 radical (unpaired) electrons. The van der Waals surface area contributed by atoms with Crippen molar-refractivity contribution >= 4 is 30.9 Å². The van der Waals surface area contributed by atoms with Crippen LogP contribution < -0.4 is 27.2 Å². The van der Waals surface area contributed by atoms with E-state index < -0.39 is 13.8 Å². The van der Waals surface area contributed by atoms with E-state index in [2.05, 4.69) is 14.5 Å². The lowest BCUT2D eigenvalue weighted by molar-refractivity contribution is -0.689. The molecule has 0 amide bonds. The fourth-order valence-corrected chi connectivity index (χ4v) is 4.21. The van der Waals surface area contributed by atoms with Gasteiger partial charge in [0.2, 0.25) is 5.51 Å². The number of phosphoric ester groups is 1. The first kappa shape index (κ1) is 25.7. The number of esters is 1. The van der Waals surface area contributed by atoms with Crippen LogP contribution in [0.5, 0.6) is 5.75 Å². The molecule has 0 aliphatic rings. The van der Waals surface area contributed by atoms with E-state index in [1.165, 1.54) is 29.5 Å². The van der Waals surface area contributed by atoms with Gasteiger partial charge >= 0.3 is 13.8 Å². The number of aromatic nitrogens is 3. The smallest absolute Gasteiger partial charge is 0.524 e. The van der Waals surface area contributed by atoms with Crippen molar-refractivity contribution in [1.29, 1.82) is 0 Å². The maximum atomic E-state index is 12.4. The zero-order chi connectivity index (χ0) is 22.6. The second-order valence-electron chi connectivity index (χ2n) is 6.65. The third kappa shape index (κ3) is 6.72. The summed E-state index contributed by atoms with van der Waals surface area (Å²) in [6.45, 7) is 4.36. The number of nitrogen functional groups attached to an aromatic ring is 1. The lowest BCUT2D eigenvalue weighted by Gasteiger charge is -2.11. The lowest BCUT2D eigenvalue weighted by atomic mass is 10.2. The van der Waals surface area contributed by atoms with Crippen molar-refractivity contribution in [2.45, 2.75) is 26.8 Å². The first-order valence-corrected chi connectivity index (χ1v) is 11.6. The molecule has 1 aromatic carbocycles. The molecule has 0 atom stereocenters. The third-order valence-corrected chi connectivity index (χ3v) is 5.98. The fraction of sp³-hybridized carbons (Fsp3) is 0.263. The van der Waals surface area contributed by atoms with E-state index in [0.29, 0.717) is 24.6 Å². The largest absolute Gasteiger partial charge is 1.00 e. The van der Waals surface area contributed by atoms with Gasteiger partial charge < -0.3 is 27.4 Å². The molecule has 13 heteroatoms. The minimum atomic E-state index is -4.79. The SMILES string of the molecule is Cc1ncc(C[n+]2csc(CCOC(=O)c3ccccc3OP(=O)(O)O)c2C)c(N)n1.[Cl-]. The summed E-state index contributed by atoms with van der Waals surface area (Å²) in [6, 6.07) is 5.73. The van der Waals surface area contributed by atoms with Crippen LogP contribution in [0.4, 0.5) is 5.82 Å². The van der Waals surface area contributed by atoms with E-state index in [4.69, 9.17) is 20.3 Å². The number of rotatable bonds is 8. The molecule has 0 saturated heterocycles. The van der Waals surface area contributed by atoms with Crippen molar-refractivity contribution in [3.63, 3.8) is 0 Å².